The first kappa shape index (κ1) is 25.4. The summed E-state index contributed by atoms with van der Waals surface area (Å²) >= 11 is 0. The van der Waals surface area contributed by atoms with Crippen LogP contribution in [0.2, 0.25) is 0 Å². The molecule has 2 unspecified atom stereocenters. The molecule has 4 saturated heterocycles. The van der Waals surface area contributed by atoms with Gasteiger partial charge in [0.1, 0.15) is 5.69 Å². The average molecular weight is 527 g/mol. The van der Waals surface area contributed by atoms with Crippen molar-refractivity contribution >= 4 is 23.1 Å². The van der Waals surface area contributed by atoms with Crippen LogP contribution in [0.5, 0.6) is 0 Å². The van der Waals surface area contributed by atoms with E-state index in [0.717, 1.165) is 38.1 Å². The maximum absolute atomic E-state index is 14.6. The normalized spacial score (nSPS) is 21.2. The monoisotopic (exact) mass is 526 g/mol. The van der Waals surface area contributed by atoms with Crippen molar-refractivity contribution in [2.45, 2.75) is 50.4 Å². The van der Waals surface area contributed by atoms with Gasteiger partial charge in [0.25, 0.3) is 0 Å². The number of rotatable bonds is 8. The van der Waals surface area contributed by atoms with Crippen LogP contribution in [-0.4, -0.2) is 65.1 Å². The summed E-state index contributed by atoms with van der Waals surface area (Å²) in [6.07, 6.45) is 5.97. The summed E-state index contributed by atoms with van der Waals surface area (Å²) < 4.78 is 20.4. The molecule has 1 aromatic heterocycles. The number of morpholine rings is 1. The van der Waals surface area contributed by atoms with Crippen molar-refractivity contribution in [3.63, 3.8) is 0 Å². The lowest BCUT2D eigenvalue weighted by atomic mass is 9.94. The fraction of sp³-hybridized carbons (Fsp3) is 0.400. The summed E-state index contributed by atoms with van der Waals surface area (Å²) in [6, 6.07) is 17.4. The number of benzene rings is 2. The van der Waals surface area contributed by atoms with Crippen LogP contribution in [0.15, 0.2) is 54.7 Å². The van der Waals surface area contributed by atoms with E-state index in [1.165, 1.54) is 24.9 Å². The topological polar surface area (TPSA) is 94.4 Å². The van der Waals surface area contributed by atoms with E-state index in [-0.39, 0.29) is 30.3 Å². The van der Waals surface area contributed by atoms with Gasteiger partial charge in [0, 0.05) is 74.0 Å². The highest BCUT2D eigenvalue weighted by Gasteiger charge is 2.41. The maximum Gasteiger partial charge on any atom is 0.227 e. The third-order valence-electron chi connectivity index (χ3n) is 7.94. The van der Waals surface area contributed by atoms with Gasteiger partial charge in [-0.3, -0.25) is 9.69 Å². The molecule has 39 heavy (non-hydrogen) atoms. The van der Waals surface area contributed by atoms with E-state index in [0.29, 0.717) is 29.4 Å². The molecule has 9 heteroatoms. The number of aromatic nitrogens is 2. The number of anilines is 3. The Morgan fingerprint density at radius 1 is 1.08 bits per heavy atom. The third-order valence-corrected chi connectivity index (χ3v) is 7.94. The van der Waals surface area contributed by atoms with E-state index in [1.807, 2.05) is 18.2 Å². The molecule has 0 radical (unpaired) electrons. The number of nitrogens with one attached hydrogen (secondary N) is 1. The van der Waals surface area contributed by atoms with Crippen LogP contribution in [0.3, 0.4) is 0 Å². The molecule has 4 aliphatic rings. The second-order valence-corrected chi connectivity index (χ2v) is 10.5. The summed E-state index contributed by atoms with van der Waals surface area (Å²) in [5.74, 6) is -0.371. The molecule has 2 aromatic carbocycles. The van der Waals surface area contributed by atoms with Gasteiger partial charge in [-0.2, -0.15) is 5.26 Å². The van der Waals surface area contributed by atoms with Crippen LogP contribution in [0.4, 0.5) is 21.7 Å². The quantitative estimate of drug-likeness (QED) is 0.412. The Morgan fingerprint density at radius 2 is 1.77 bits per heavy atom. The predicted octanol–water partition coefficient (Wildman–Crippen LogP) is 4.95. The lowest BCUT2D eigenvalue weighted by Crippen LogP contribution is -2.61. The van der Waals surface area contributed by atoms with Crippen molar-refractivity contribution in [2.75, 3.05) is 36.4 Å². The van der Waals surface area contributed by atoms with E-state index < -0.39 is 5.82 Å². The van der Waals surface area contributed by atoms with Crippen LogP contribution in [0.1, 0.15) is 42.5 Å². The first-order chi connectivity index (χ1) is 19.1. The Kier molecular flexibility index (Phi) is 7.22. The summed E-state index contributed by atoms with van der Waals surface area (Å²) in [5.41, 5.74) is 3.19. The van der Waals surface area contributed by atoms with E-state index in [9.17, 15) is 9.18 Å². The number of carbonyl (C=O) groups excluding carboxylic acids is 1. The van der Waals surface area contributed by atoms with Gasteiger partial charge >= 0.3 is 0 Å². The Balaban J connectivity index is 1.06. The molecule has 8 nitrogen and oxygen atoms in total. The zero-order valence-electron chi connectivity index (χ0n) is 21.7. The minimum atomic E-state index is -0.544. The number of carbonyl (C=O) groups is 1. The van der Waals surface area contributed by atoms with Gasteiger partial charge < -0.3 is 15.0 Å². The molecule has 4 fully saturated rings. The number of Topliss-reactive ketones (excluding diaryl/α,β-unsaturated/α-hetero) is 1. The number of hydrogen-bond acceptors (Lipinski definition) is 8. The van der Waals surface area contributed by atoms with Gasteiger partial charge in [-0.25, -0.2) is 14.4 Å². The highest BCUT2D eigenvalue weighted by atomic mass is 19.1. The smallest absolute Gasteiger partial charge is 0.227 e. The molecule has 4 aliphatic heterocycles. The number of fused-ring (bicyclic) bond motifs is 2. The molecule has 0 amide bonds. The molecule has 1 N–H and O–H groups in total. The fourth-order valence-corrected chi connectivity index (χ4v) is 5.82. The number of piperidine rings is 2. The Bertz CT molecular complexity index is 1350. The van der Waals surface area contributed by atoms with Crippen molar-refractivity contribution in [3.8, 4) is 17.3 Å². The van der Waals surface area contributed by atoms with Crippen LogP contribution in [-0.2, 0) is 4.74 Å². The number of ketones is 1. The molecular weight excluding hydrogens is 495 g/mol. The number of halogens is 1. The van der Waals surface area contributed by atoms with E-state index in [4.69, 9.17) is 10.00 Å². The molecule has 5 heterocycles. The molecule has 0 spiro atoms. The number of hydrogen-bond donors (Lipinski definition) is 1. The van der Waals surface area contributed by atoms with Crippen molar-refractivity contribution < 1.29 is 13.9 Å². The summed E-state index contributed by atoms with van der Waals surface area (Å²) in [7, 11) is 0. The Hall–Kier alpha value is -3.87. The average Bonchev–Trinajstić information content (AvgIpc) is 2.97. The Morgan fingerprint density at radius 3 is 2.44 bits per heavy atom. The molecule has 200 valence electrons. The molecule has 3 aromatic rings. The third kappa shape index (κ3) is 5.63. The molecule has 0 saturated carbocycles. The maximum atomic E-state index is 14.6. The molecule has 2 atom stereocenters. The number of ether oxygens (including phenoxy) is 1. The van der Waals surface area contributed by atoms with Crippen molar-refractivity contribution in [2.24, 2.45) is 0 Å². The standard InChI is InChI=1S/C30H31FN6O2/c31-27-17-33-30(35-29(27)21-5-3-20(4-6-21)28(38)2-1-13-32)34-22-7-9-23(10-8-22)36-14-11-24(12-15-36)37-18-25-16-26(19-37)39-25/h3-10,17,24-26H,1-2,11-12,14-16,18-19H2,(H,33,34,35). The van der Waals surface area contributed by atoms with Gasteiger partial charge in [-0.15, -0.1) is 0 Å². The van der Waals surface area contributed by atoms with Gasteiger partial charge in [-0.1, -0.05) is 24.3 Å². The van der Waals surface area contributed by atoms with E-state index >= 15 is 0 Å². The molecule has 7 rings (SSSR count). The zero-order chi connectivity index (χ0) is 26.8. The largest absolute Gasteiger partial charge is 0.372 e. The van der Waals surface area contributed by atoms with Gasteiger partial charge in [-0.05, 0) is 37.1 Å². The zero-order valence-corrected chi connectivity index (χ0v) is 21.7. The van der Waals surface area contributed by atoms with Crippen LogP contribution in [0, 0.1) is 17.1 Å². The first-order valence-corrected chi connectivity index (χ1v) is 13.6. The van der Waals surface area contributed by atoms with Crippen LogP contribution in [0.25, 0.3) is 11.3 Å². The first-order valence-electron chi connectivity index (χ1n) is 13.6. The number of nitrogens with zero attached hydrogens (tertiary/aromatic N) is 5. The van der Waals surface area contributed by atoms with Gasteiger partial charge in [0.05, 0.1) is 24.5 Å². The summed E-state index contributed by atoms with van der Waals surface area (Å²) in [5, 5.41) is 11.8. The van der Waals surface area contributed by atoms with E-state index in [2.05, 4.69) is 37.2 Å². The summed E-state index contributed by atoms with van der Waals surface area (Å²) in [4.78, 5) is 25.7. The van der Waals surface area contributed by atoms with E-state index in [1.54, 1.807) is 24.3 Å². The van der Waals surface area contributed by atoms with Crippen LogP contribution >= 0.6 is 0 Å². The summed E-state index contributed by atoms with van der Waals surface area (Å²) in [6.45, 7) is 4.25. The van der Waals surface area contributed by atoms with Crippen molar-refractivity contribution in [3.05, 3.63) is 66.1 Å². The van der Waals surface area contributed by atoms with Crippen LogP contribution < -0.4 is 10.2 Å². The van der Waals surface area contributed by atoms with Gasteiger partial charge in [0.2, 0.25) is 5.95 Å². The fourth-order valence-electron chi connectivity index (χ4n) is 5.82. The molecular formula is C30H31FN6O2. The van der Waals surface area contributed by atoms with Crippen molar-refractivity contribution in [1.82, 2.24) is 14.9 Å². The highest BCUT2D eigenvalue weighted by molar-refractivity contribution is 5.96. The lowest BCUT2D eigenvalue weighted by molar-refractivity contribution is -0.189. The highest BCUT2D eigenvalue weighted by Crippen LogP contribution is 2.32. The minimum Gasteiger partial charge on any atom is -0.372 e. The number of nitriles is 1. The predicted molar refractivity (Wildman–Crippen MR) is 146 cm³/mol. The van der Waals surface area contributed by atoms with Gasteiger partial charge in [0.15, 0.2) is 11.6 Å². The second-order valence-electron chi connectivity index (χ2n) is 10.5. The SMILES string of the molecule is N#CCCC(=O)c1ccc(-c2nc(Nc3ccc(N4CCC(N5CC6CC(C5)O6)CC4)cc3)ncc2F)cc1. The minimum absolute atomic E-state index is 0.116. The lowest BCUT2D eigenvalue weighted by Gasteiger charge is -2.51. The second kappa shape index (κ2) is 11.1. The van der Waals surface area contributed by atoms with Crippen molar-refractivity contribution in [1.29, 1.82) is 5.26 Å². The Labute approximate surface area is 227 Å². The molecule has 0 aliphatic carbocycles. The molecule has 2 bridgehead atoms.